The third-order valence-corrected chi connectivity index (χ3v) is 7.73. The van der Waals surface area contributed by atoms with E-state index in [1.54, 1.807) is 0 Å². The summed E-state index contributed by atoms with van der Waals surface area (Å²) >= 11 is 0. The van der Waals surface area contributed by atoms with Gasteiger partial charge in [-0.15, -0.1) is 0 Å². The van der Waals surface area contributed by atoms with Crippen molar-refractivity contribution < 1.29 is 32.9 Å². The molecule has 3 unspecified atom stereocenters. The monoisotopic (exact) mass is 591 g/mol. The molecule has 1 aromatic heterocycles. The molecule has 2 aromatic rings. The minimum absolute atomic E-state index is 0.0232. The van der Waals surface area contributed by atoms with Gasteiger partial charge in [-0.05, 0) is 36.5 Å². The zero-order valence-electron chi connectivity index (χ0n) is 23.6. The number of hydrogen-bond donors (Lipinski definition) is 2. The number of aliphatic hydroxyl groups is 1. The maximum absolute atomic E-state index is 13.9. The van der Waals surface area contributed by atoms with Crippen molar-refractivity contribution in [2.24, 2.45) is 0 Å². The highest BCUT2D eigenvalue weighted by Gasteiger charge is 2.29. The van der Waals surface area contributed by atoms with E-state index in [2.05, 4.69) is 11.9 Å². The van der Waals surface area contributed by atoms with Crippen molar-refractivity contribution in [2.45, 2.75) is 58.0 Å². The Labute approximate surface area is 241 Å². The summed E-state index contributed by atoms with van der Waals surface area (Å²) in [5, 5.41) is 9.89. The lowest BCUT2D eigenvalue weighted by atomic mass is 10.1. The lowest BCUT2D eigenvalue weighted by Crippen LogP contribution is -2.32. The lowest BCUT2D eigenvalue weighted by Gasteiger charge is -2.25. The van der Waals surface area contributed by atoms with Gasteiger partial charge in [0.1, 0.15) is 18.3 Å². The topological polar surface area (TPSA) is 144 Å². The average Bonchev–Trinajstić information content (AvgIpc) is 2.99. The van der Waals surface area contributed by atoms with Crippen LogP contribution in [-0.4, -0.2) is 66.2 Å². The van der Waals surface area contributed by atoms with E-state index in [0.29, 0.717) is 13.2 Å². The Morgan fingerprint density at radius 1 is 1.07 bits per heavy atom. The summed E-state index contributed by atoms with van der Waals surface area (Å²) in [4.78, 5) is 15.8. The maximum atomic E-state index is 13.9. The van der Waals surface area contributed by atoms with Gasteiger partial charge in [-0.3, -0.25) is 9.13 Å². The van der Waals surface area contributed by atoms with Gasteiger partial charge in [0.2, 0.25) is 0 Å². The van der Waals surface area contributed by atoms with Crippen LogP contribution in [0.25, 0.3) is 0 Å². The third-order valence-electron chi connectivity index (χ3n) is 6.20. The number of nitrogen functional groups attached to an aromatic ring is 1. The number of ether oxygens (including phenoxy) is 3. The second kappa shape index (κ2) is 18.0. The number of nitrogens with two attached hydrogens (primary N) is 1. The van der Waals surface area contributed by atoms with Crippen LogP contribution in [0.1, 0.15) is 38.2 Å². The number of aromatic nitrogens is 2. The van der Waals surface area contributed by atoms with E-state index in [0.717, 1.165) is 36.8 Å². The minimum atomic E-state index is -3.84. The summed E-state index contributed by atoms with van der Waals surface area (Å²) in [6.45, 7) is 2.82. The molecule has 1 aliphatic rings. The van der Waals surface area contributed by atoms with Crippen molar-refractivity contribution in [1.29, 1.82) is 0 Å². The molecule has 226 valence electrons. The maximum Gasteiger partial charge on any atom is 0.356 e. The normalized spacial score (nSPS) is 16.2. The molecule has 41 heavy (non-hydrogen) atoms. The molecule has 0 saturated carbocycles. The Kier molecular flexibility index (Phi) is 14.5. The molecule has 0 fully saturated rings. The van der Waals surface area contributed by atoms with Gasteiger partial charge in [0.15, 0.2) is 0 Å². The van der Waals surface area contributed by atoms with Gasteiger partial charge >= 0.3 is 13.3 Å². The van der Waals surface area contributed by atoms with Crippen LogP contribution in [0.2, 0.25) is 0 Å². The standard InChI is InChI=1S/C29H42N3O8P/c1-2-3-16-36-21-27(37-19-24-10-6-4-7-11-24)22-40-41(35,39-20-25-12-8-5-9-13-25)23-38-26(18-33)17-32-15-14-28(30)31-29(32)34/h4,6-8,10-15,26-27,33H,2-3,5,9,16-23H2,1H3,(H2,30,31,34). The highest BCUT2D eigenvalue weighted by molar-refractivity contribution is 7.53. The Hall–Kier alpha value is -2.63. The molecule has 1 heterocycles. The van der Waals surface area contributed by atoms with E-state index in [1.165, 1.54) is 16.8 Å². The predicted octanol–water partition coefficient (Wildman–Crippen LogP) is 4.07. The Bertz CT molecular complexity index is 1200. The van der Waals surface area contributed by atoms with Gasteiger partial charge < -0.3 is 34.1 Å². The minimum Gasteiger partial charge on any atom is -0.394 e. The number of aliphatic hydroxyl groups excluding tert-OH is 1. The van der Waals surface area contributed by atoms with Crippen LogP contribution in [0.15, 0.2) is 71.2 Å². The van der Waals surface area contributed by atoms with Crippen LogP contribution in [0.3, 0.4) is 0 Å². The van der Waals surface area contributed by atoms with Crippen LogP contribution >= 0.6 is 7.60 Å². The van der Waals surface area contributed by atoms with E-state index in [-0.39, 0.29) is 32.2 Å². The summed E-state index contributed by atoms with van der Waals surface area (Å²) < 4.78 is 44.5. The molecular weight excluding hydrogens is 549 g/mol. The summed E-state index contributed by atoms with van der Waals surface area (Å²) in [7, 11) is -3.84. The molecule has 3 N–H and O–H groups in total. The summed E-state index contributed by atoms with van der Waals surface area (Å²) in [5.41, 5.74) is 6.85. The van der Waals surface area contributed by atoms with E-state index in [9.17, 15) is 14.5 Å². The first kappa shape index (κ1) is 32.9. The second-order valence-corrected chi connectivity index (χ2v) is 11.7. The number of rotatable bonds is 20. The fourth-order valence-corrected chi connectivity index (χ4v) is 5.17. The molecule has 1 aliphatic carbocycles. The Morgan fingerprint density at radius 2 is 1.90 bits per heavy atom. The molecule has 3 rings (SSSR count). The van der Waals surface area contributed by atoms with Gasteiger partial charge in [0.05, 0.1) is 45.7 Å². The predicted molar refractivity (Wildman–Crippen MR) is 156 cm³/mol. The Morgan fingerprint density at radius 3 is 2.61 bits per heavy atom. The fraction of sp³-hybridized carbons (Fsp3) is 0.517. The SMILES string of the molecule is CCCCOCC(COP(=O)(COC(CO)Cn1ccc(N)nc1=O)OCC1=CCCC=C1)OCc1ccccc1. The summed E-state index contributed by atoms with van der Waals surface area (Å²) in [6.07, 6.45) is 9.36. The molecule has 12 heteroatoms. The first-order chi connectivity index (χ1) is 19.9. The molecule has 0 saturated heterocycles. The van der Waals surface area contributed by atoms with Crippen LogP contribution in [0.5, 0.6) is 0 Å². The smallest absolute Gasteiger partial charge is 0.356 e. The highest BCUT2D eigenvalue weighted by atomic mass is 31.2. The number of hydrogen-bond acceptors (Lipinski definition) is 10. The summed E-state index contributed by atoms with van der Waals surface area (Å²) in [5.74, 6) is 0.0906. The lowest BCUT2D eigenvalue weighted by molar-refractivity contribution is -0.0498. The average molecular weight is 592 g/mol. The van der Waals surface area contributed by atoms with Crippen molar-refractivity contribution >= 4 is 13.4 Å². The number of anilines is 1. The molecule has 0 aliphatic heterocycles. The van der Waals surface area contributed by atoms with Crippen LogP contribution < -0.4 is 11.4 Å². The molecule has 0 bridgehead atoms. The quantitative estimate of drug-likeness (QED) is 0.171. The zero-order valence-corrected chi connectivity index (χ0v) is 24.5. The molecule has 1 aromatic carbocycles. The zero-order chi connectivity index (χ0) is 29.3. The second-order valence-electron chi connectivity index (χ2n) is 9.67. The third kappa shape index (κ3) is 12.4. The van der Waals surface area contributed by atoms with Crippen molar-refractivity contribution in [3.8, 4) is 0 Å². The van der Waals surface area contributed by atoms with Gasteiger partial charge in [-0.25, -0.2) is 4.79 Å². The molecule has 11 nitrogen and oxygen atoms in total. The number of unbranched alkanes of at least 4 members (excludes halogenated alkanes) is 1. The molecule has 0 amide bonds. The van der Waals surface area contributed by atoms with Crippen molar-refractivity contribution in [1.82, 2.24) is 9.55 Å². The molecule has 3 atom stereocenters. The van der Waals surface area contributed by atoms with E-state index >= 15 is 0 Å². The van der Waals surface area contributed by atoms with Crippen molar-refractivity contribution in [3.05, 3.63) is 82.4 Å². The first-order valence-electron chi connectivity index (χ1n) is 13.9. The van der Waals surface area contributed by atoms with Gasteiger partial charge in [-0.1, -0.05) is 61.9 Å². The molecule has 0 radical (unpaired) electrons. The molecular formula is C29H42N3O8P. The van der Waals surface area contributed by atoms with Gasteiger partial charge in [0, 0.05) is 12.8 Å². The number of allylic oxidation sites excluding steroid dienone is 2. The largest absolute Gasteiger partial charge is 0.394 e. The van der Waals surface area contributed by atoms with Crippen LogP contribution in [0, 0.1) is 0 Å². The van der Waals surface area contributed by atoms with Gasteiger partial charge in [-0.2, -0.15) is 4.98 Å². The van der Waals surface area contributed by atoms with Crippen molar-refractivity contribution in [2.75, 3.05) is 45.1 Å². The number of nitrogens with zero attached hydrogens (tertiary/aromatic N) is 2. The van der Waals surface area contributed by atoms with Crippen LogP contribution in [-0.2, 0) is 41.0 Å². The van der Waals surface area contributed by atoms with Gasteiger partial charge in [0.25, 0.3) is 0 Å². The highest BCUT2D eigenvalue weighted by Crippen LogP contribution is 2.49. The van der Waals surface area contributed by atoms with E-state index < -0.39 is 38.4 Å². The number of benzene rings is 1. The summed E-state index contributed by atoms with van der Waals surface area (Å²) in [6, 6.07) is 11.2. The fourth-order valence-electron chi connectivity index (χ4n) is 3.81. The Balaban J connectivity index is 1.66. The van der Waals surface area contributed by atoms with E-state index in [4.69, 9.17) is 29.0 Å². The first-order valence-corrected chi connectivity index (χ1v) is 15.7. The van der Waals surface area contributed by atoms with Crippen molar-refractivity contribution in [3.63, 3.8) is 0 Å². The van der Waals surface area contributed by atoms with E-state index in [1.807, 2.05) is 48.6 Å². The molecule has 0 spiro atoms. The van der Waals surface area contributed by atoms with Crippen LogP contribution in [0.4, 0.5) is 5.82 Å².